The number of rotatable bonds is 7. The Kier molecular flexibility index (Phi) is 5.93. The van der Waals surface area contributed by atoms with Crippen LogP contribution in [0.3, 0.4) is 0 Å². The molecular weight excluding hydrogens is 268 g/mol. The van der Waals surface area contributed by atoms with Gasteiger partial charge in [0.05, 0.1) is 0 Å². The lowest BCUT2D eigenvalue weighted by Crippen LogP contribution is -2.10. The van der Waals surface area contributed by atoms with E-state index in [1.54, 1.807) is 0 Å². The first-order valence-electron chi connectivity index (χ1n) is 5.46. The van der Waals surface area contributed by atoms with Crippen molar-refractivity contribution in [3.63, 3.8) is 0 Å². The predicted molar refractivity (Wildman–Crippen MR) is 70.3 cm³/mol. The van der Waals surface area contributed by atoms with E-state index in [0.717, 1.165) is 36.0 Å². The van der Waals surface area contributed by atoms with Crippen molar-refractivity contribution in [1.29, 1.82) is 0 Å². The lowest BCUT2D eigenvalue weighted by molar-refractivity contribution is -0.118. The van der Waals surface area contributed by atoms with Crippen molar-refractivity contribution in [2.24, 2.45) is 5.73 Å². The van der Waals surface area contributed by atoms with Crippen LogP contribution in [0.5, 0.6) is 0 Å². The number of unbranched alkanes of at least 4 members (excludes halogenated alkanes) is 2. The second-order valence-electron chi connectivity index (χ2n) is 3.71. The van der Waals surface area contributed by atoms with Gasteiger partial charge in [-0.05, 0) is 31.0 Å². The molecule has 0 spiro atoms. The zero-order valence-corrected chi connectivity index (χ0v) is 10.8. The number of amides is 1. The van der Waals surface area contributed by atoms with Gasteiger partial charge in [-0.1, -0.05) is 28.4 Å². The maximum atomic E-state index is 10.5. The van der Waals surface area contributed by atoms with E-state index in [1.807, 2.05) is 24.3 Å². The van der Waals surface area contributed by atoms with E-state index in [4.69, 9.17) is 5.73 Å². The van der Waals surface area contributed by atoms with Crippen LogP contribution >= 0.6 is 15.9 Å². The average Bonchev–Trinajstić information content (AvgIpc) is 2.23. The topological polar surface area (TPSA) is 55.1 Å². The van der Waals surface area contributed by atoms with Crippen LogP contribution in [0.1, 0.15) is 25.7 Å². The molecule has 0 unspecified atom stereocenters. The summed E-state index contributed by atoms with van der Waals surface area (Å²) in [6, 6.07) is 8.08. The Morgan fingerprint density at radius 3 is 2.81 bits per heavy atom. The van der Waals surface area contributed by atoms with E-state index in [1.165, 1.54) is 0 Å². The summed E-state index contributed by atoms with van der Waals surface area (Å²) in [6.07, 6.45) is 3.47. The molecule has 0 aliphatic carbocycles. The van der Waals surface area contributed by atoms with E-state index in [2.05, 4.69) is 21.2 Å². The number of halogens is 1. The Hall–Kier alpha value is -1.03. The number of carbonyl (C=O) groups is 1. The fourth-order valence-corrected chi connectivity index (χ4v) is 1.83. The highest BCUT2D eigenvalue weighted by molar-refractivity contribution is 9.10. The highest BCUT2D eigenvalue weighted by Crippen LogP contribution is 2.15. The summed E-state index contributed by atoms with van der Waals surface area (Å²) in [5.41, 5.74) is 6.17. The molecule has 1 aromatic carbocycles. The number of hydrogen-bond acceptors (Lipinski definition) is 2. The molecule has 0 aromatic heterocycles. The summed E-state index contributed by atoms with van der Waals surface area (Å²) < 4.78 is 1.08. The Morgan fingerprint density at radius 2 is 2.12 bits per heavy atom. The lowest BCUT2D eigenvalue weighted by atomic mass is 10.2. The van der Waals surface area contributed by atoms with Gasteiger partial charge in [0.2, 0.25) is 5.91 Å². The lowest BCUT2D eigenvalue weighted by Gasteiger charge is -2.06. The van der Waals surface area contributed by atoms with Gasteiger partial charge in [-0.2, -0.15) is 0 Å². The van der Waals surface area contributed by atoms with Crippen molar-refractivity contribution in [3.8, 4) is 0 Å². The molecule has 0 saturated carbocycles. The first kappa shape index (κ1) is 13.0. The van der Waals surface area contributed by atoms with Crippen molar-refractivity contribution in [1.82, 2.24) is 0 Å². The summed E-state index contributed by atoms with van der Waals surface area (Å²) in [5.74, 6) is -0.208. The highest BCUT2D eigenvalue weighted by atomic mass is 79.9. The molecule has 0 aliphatic rings. The monoisotopic (exact) mass is 284 g/mol. The van der Waals surface area contributed by atoms with Gasteiger partial charge in [0.15, 0.2) is 0 Å². The molecule has 1 aromatic rings. The summed E-state index contributed by atoms with van der Waals surface area (Å²) in [6.45, 7) is 0.926. The van der Waals surface area contributed by atoms with Crippen LogP contribution in [0, 0.1) is 0 Å². The number of benzene rings is 1. The second-order valence-corrected chi connectivity index (χ2v) is 4.63. The van der Waals surface area contributed by atoms with E-state index in [0.29, 0.717) is 6.42 Å². The van der Waals surface area contributed by atoms with Crippen LogP contribution in [-0.2, 0) is 4.79 Å². The number of nitrogens with one attached hydrogen (secondary N) is 1. The Labute approximate surface area is 105 Å². The molecule has 88 valence electrons. The first-order chi connectivity index (χ1) is 7.68. The molecule has 1 rings (SSSR count). The van der Waals surface area contributed by atoms with Crippen LogP contribution in [0.4, 0.5) is 5.69 Å². The molecule has 1 amide bonds. The number of carbonyl (C=O) groups excluding carboxylic acids is 1. The molecule has 16 heavy (non-hydrogen) atoms. The van der Waals surface area contributed by atoms with Gasteiger partial charge in [-0.3, -0.25) is 4.79 Å². The third kappa shape index (κ3) is 5.75. The molecule has 0 heterocycles. The van der Waals surface area contributed by atoms with Crippen molar-refractivity contribution in [2.45, 2.75) is 25.7 Å². The van der Waals surface area contributed by atoms with E-state index >= 15 is 0 Å². The fraction of sp³-hybridized carbons (Fsp3) is 0.417. The second kappa shape index (κ2) is 7.28. The third-order valence-electron chi connectivity index (χ3n) is 2.25. The van der Waals surface area contributed by atoms with Gasteiger partial charge >= 0.3 is 0 Å². The van der Waals surface area contributed by atoms with Gasteiger partial charge < -0.3 is 11.1 Å². The molecule has 3 N–H and O–H groups in total. The zero-order valence-electron chi connectivity index (χ0n) is 9.21. The minimum Gasteiger partial charge on any atom is -0.385 e. The van der Waals surface area contributed by atoms with Crippen molar-refractivity contribution >= 4 is 27.5 Å². The standard InChI is InChI=1S/C12H17BrN2O/c13-10-5-4-6-11(9-10)15-8-3-1-2-7-12(14)16/h4-6,9,15H,1-3,7-8H2,(H2,14,16). The Balaban J connectivity index is 2.09. The smallest absolute Gasteiger partial charge is 0.217 e. The summed E-state index contributed by atoms with van der Waals surface area (Å²) >= 11 is 3.42. The molecule has 0 atom stereocenters. The molecule has 0 radical (unpaired) electrons. The number of nitrogens with two attached hydrogens (primary N) is 1. The van der Waals surface area contributed by atoms with Gasteiger partial charge in [0.1, 0.15) is 0 Å². The van der Waals surface area contributed by atoms with Gasteiger partial charge in [-0.25, -0.2) is 0 Å². The summed E-state index contributed by atoms with van der Waals surface area (Å²) in [4.78, 5) is 10.5. The van der Waals surface area contributed by atoms with Crippen LogP contribution in [-0.4, -0.2) is 12.5 Å². The maximum absolute atomic E-state index is 10.5. The van der Waals surface area contributed by atoms with Gasteiger partial charge in [0.25, 0.3) is 0 Å². The highest BCUT2D eigenvalue weighted by Gasteiger charge is 1.95. The van der Waals surface area contributed by atoms with E-state index in [-0.39, 0.29) is 5.91 Å². The van der Waals surface area contributed by atoms with Gasteiger partial charge in [-0.15, -0.1) is 0 Å². The Bertz CT molecular complexity index is 342. The average molecular weight is 285 g/mol. The molecule has 0 saturated heterocycles. The molecule has 0 fully saturated rings. The molecule has 4 heteroatoms. The minimum absolute atomic E-state index is 0.208. The maximum Gasteiger partial charge on any atom is 0.217 e. The fourth-order valence-electron chi connectivity index (χ4n) is 1.43. The molecule has 0 aliphatic heterocycles. The zero-order chi connectivity index (χ0) is 11.8. The Morgan fingerprint density at radius 1 is 1.31 bits per heavy atom. The van der Waals surface area contributed by atoms with Gasteiger partial charge in [0, 0.05) is 23.1 Å². The van der Waals surface area contributed by atoms with Crippen molar-refractivity contribution in [2.75, 3.05) is 11.9 Å². The SMILES string of the molecule is NC(=O)CCCCCNc1cccc(Br)c1. The summed E-state index contributed by atoms with van der Waals surface area (Å²) in [5, 5.41) is 3.33. The molecule has 3 nitrogen and oxygen atoms in total. The number of hydrogen-bond donors (Lipinski definition) is 2. The molecule has 0 bridgehead atoms. The van der Waals surface area contributed by atoms with Crippen molar-refractivity contribution in [3.05, 3.63) is 28.7 Å². The predicted octanol–water partition coefficient (Wildman–Crippen LogP) is 2.91. The number of primary amides is 1. The largest absolute Gasteiger partial charge is 0.385 e. The van der Waals surface area contributed by atoms with Crippen molar-refractivity contribution < 1.29 is 4.79 Å². The van der Waals surface area contributed by atoms with E-state index < -0.39 is 0 Å². The quantitative estimate of drug-likeness (QED) is 0.757. The van der Waals surface area contributed by atoms with Crippen LogP contribution in [0.15, 0.2) is 28.7 Å². The minimum atomic E-state index is -0.208. The number of anilines is 1. The first-order valence-corrected chi connectivity index (χ1v) is 6.25. The third-order valence-corrected chi connectivity index (χ3v) is 2.75. The normalized spacial score (nSPS) is 10.1. The van der Waals surface area contributed by atoms with Crippen LogP contribution < -0.4 is 11.1 Å². The molecular formula is C12H17BrN2O. The summed E-state index contributed by atoms with van der Waals surface area (Å²) in [7, 11) is 0. The van der Waals surface area contributed by atoms with E-state index in [9.17, 15) is 4.79 Å². The van der Waals surface area contributed by atoms with Crippen LogP contribution in [0.25, 0.3) is 0 Å². The van der Waals surface area contributed by atoms with Crippen LogP contribution in [0.2, 0.25) is 0 Å².